The average Bonchev–Trinajstić information content (AvgIpc) is 2.45. The third-order valence-corrected chi connectivity index (χ3v) is 4.18. The number of aromatic nitrogens is 3. The van der Waals surface area contributed by atoms with Crippen LogP contribution in [0.5, 0.6) is 0 Å². The standard InChI is InChI=1S/C14H18N4S/c1-3-12(15)13(11-5-7-16-8-6-11)19-14-17-9-4-10(2)18-14/h4-9,12-13H,3,15H2,1-2H3. The molecule has 0 aromatic carbocycles. The van der Waals surface area contributed by atoms with Crippen molar-refractivity contribution in [2.75, 3.05) is 0 Å². The molecular weight excluding hydrogens is 256 g/mol. The molecule has 2 N–H and O–H groups in total. The van der Waals surface area contributed by atoms with E-state index < -0.39 is 0 Å². The minimum absolute atomic E-state index is 0.0662. The monoisotopic (exact) mass is 274 g/mol. The predicted octanol–water partition coefficient (Wildman–Crippen LogP) is 2.75. The zero-order chi connectivity index (χ0) is 13.7. The van der Waals surface area contributed by atoms with Crippen molar-refractivity contribution in [2.45, 2.75) is 36.7 Å². The molecule has 0 saturated carbocycles. The summed E-state index contributed by atoms with van der Waals surface area (Å²) in [5, 5.41) is 0.917. The van der Waals surface area contributed by atoms with E-state index in [0.29, 0.717) is 0 Å². The molecule has 4 nitrogen and oxygen atoms in total. The van der Waals surface area contributed by atoms with E-state index >= 15 is 0 Å². The zero-order valence-corrected chi connectivity index (χ0v) is 12.0. The molecule has 2 unspecified atom stereocenters. The number of nitrogens with zero attached hydrogens (tertiary/aromatic N) is 3. The molecule has 19 heavy (non-hydrogen) atoms. The smallest absolute Gasteiger partial charge is 0.188 e. The van der Waals surface area contributed by atoms with Crippen LogP contribution in [0.4, 0.5) is 0 Å². The van der Waals surface area contributed by atoms with Crippen LogP contribution in [0.3, 0.4) is 0 Å². The Bertz CT molecular complexity index is 518. The highest BCUT2D eigenvalue weighted by molar-refractivity contribution is 7.99. The number of aryl methyl sites for hydroxylation is 1. The lowest BCUT2D eigenvalue weighted by atomic mass is 10.1. The van der Waals surface area contributed by atoms with E-state index in [0.717, 1.165) is 17.3 Å². The molecule has 2 aromatic heterocycles. The Labute approximate surface area is 117 Å². The van der Waals surface area contributed by atoms with Gasteiger partial charge in [-0.15, -0.1) is 0 Å². The van der Waals surface area contributed by atoms with Crippen LogP contribution in [0.1, 0.15) is 29.9 Å². The lowest BCUT2D eigenvalue weighted by Gasteiger charge is -2.21. The average molecular weight is 274 g/mol. The first-order chi connectivity index (χ1) is 9.20. The predicted molar refractivity (Wildman–Crippen MR) is 77.9 cm³/mol. The lowest BCUT2D eigenvalue weighted by molar-refractivity contribution is 0.632. The van der Waals surface area contributed by atoms with E-state index in [4.69, 9.17) is 5.73 Å². The van der Waals surface area contributed by atoms with Crippen molar-refractivity contribution >= 4 is 11.8 Å². The van der Waals surface area contributed by atoms with Crippen molar-refractivity contribution in [3.8, 4) is 0 Å². The molecule has 0 aliphatic heterocycles. The van der Waals surface area contributed by atoms with Crippen LogP contribution in [0, 0.1) is 6.92 Å². The first-order valence-electron chi connectivity index (χ1n) is 6.32. The summed E-state index contributed by atoms with van der Waals surface area (Å²) < 4.78 is 0. The summed E-state index contributed by atoms with van der Waals surface area (Å²) in [6.45, 7) is 4.06. The van der Waals surface area contributed by atoms with Crippen molar-refractivity contribution in [3.63, 3.8) is 0 Å². The summed E-state index contributed by atoms with van der Waals surface area (Å²) >= 11 is 1.61. The van der Waals surface area contributed by atoms with Gasteiger partial charge in [-0.05, 0) is 37.1 Å². The Kier molecular flexibility index (Phi) is 4.87. The number of hydrogen-bond acceptors (Lipinski definition) is 5. The van der Waals surface area contributed by atoms with Gasteiger partial charge in [-0.3, -0.25) is 4.98 Å². The van der Waals surface area contributed by atoms with E-state index in [2.05, 4.69) is 21.9 Å². The molecule has 5 heteroatoms. The molecule has 0 saturated heterocycles. The topological polar surface area (TPSA) is 64.7 Å². The van der Waals surface area contributed by atoms with Gasteiger partial charge in [-0.1, -0.05) is 18.7 Å². The minimum atomic E-state index is 0.0662. The van der Waals surface area contributed by atoms with Crippen LogP contribution in [0.15, 0.2) is 41.9 Å². The second kappa shape index (κ2) is 6.63. The highest BCUT2D eigenvalue weighted by Crippen LogP contribution is 2.35. The largest absolute Gasteiger partial charge is 0.326 e. The lowest BCUT2D eigenvalue weighted by Crippen LogP contribution is -2.25. The van der Waals surface area contributed by atoms with Crippen LogP contribution in [-0.2, 0) is 0 Å². The fourth-order valence-electron chi connectivity index (χ4n) is 1.77. The molecule has 2 rings (SSSR count). The number of hydrogen-bond donors (Lipinski definition) is 1. The van der Waals surface area contributed by atoms with Gasteiger partial charge in [-0.25, -0.2) is 9.97 Å². The van der Waals surface area contributed by atoms with Gasteiger partial charge in [0, 0.05) is 30.3 Å². The van der Waals surface area contributed by atoms with E-state index in [9.17, 15) is 0 Å². The molecule has 0 aliphatic rings. The molecule has 2 atom stereocenters. The maximum Gasteiger partial charge on any atom is 0.188 e. The van der Waals surface area contributed by atoms with Crippen LogP contribution in [0.25, 0.3) is 0 Å². The summed E-state index contributed by atoms with van der Waals surface area (Å²) in [6, 6.07) is 5.97. The van der Waals surface area contributed by atoms with Crippen LogP contribution < -0.4 is 5.73 Å². The number of nitrogens with two attached hydrogens (primary N) is 1. The van der Waals surface area contributed by atoms with E-state index in [1.54, 1.807) is 30.4 Å². The Balaban J connectivity index is 2.24. The third kappa shape index (κ3) is 3.75. The molecule has 2 heterocycles. The second-order valence-electron chi connectivity index (χ2n) is 4.37. The quantitative estimate of drug-likeness (QED) is 0.671. The highest BCUT2D eigenvalue weighted by Gasteiger charge is 2.21. The Morgan fingerprint density at radius 1 is 1.21 bits per heavy atom. The van der Waals surface area contributed by atoms with Gasteiger partial charge in [0.1, 0.15) is 0 Å². The van der Waals surface area contributed by atoms with E-state index in [-0.39, 0.29) is 11.3 Å². The summed E-state index contributed by atoms with van der Waals surface area (Å²) in [4.78, 5) is 12.8. The molecule has 0 spiro atoms. The molecule has 0 aliphatic carbocycles. The molecule has 2 aromatic rings. The fraction of sp³-hybridized carbons (Fsp3) is 0.357. The van der Waals surface area contributed by atoms with Gasteiger partial charge in [0.15, 0.2) is 5.16 Å². The molecular formula is C14H18N4S. The van der Waals surface area contributed by atoms with Gasteiger partial charge in [0.2, 0.25) is 0 Å². The fourth-order valence-corrected chi connectivity index (χ4v) is 2.97. The molecule has 100 valence electrons. The maximum absolute atomic E-state index is 6.24. The van der Waals surface area contributed by atoms with Crippen molar-refractivity contribution in [1.29, 1.82) is 0 Å². The maximum atomic E-state index is 6.24. The summed E-state index contributed by atoms with van der Waals surface area (Å²) in [5.74, 6) is 0. The molecule has 0 bridgehead atoms. The second-order valence-corrected chi connectivity index (χ2v) is 5.48. The van der Waals surface area contributed by atoms with Gasteiger partial charge in [-0.2, -0.15) is 0 Å². The van der Waals surface area contributed by atoms with Crippen molar-refractivity contribution in [3.05, 3.63) is 48.0 Å². The number of rotatable bonds is 5. The van der Waals surface area contributed by atoms with Gasteiger partial charge in [0.25, 0.3) is 0 Å². The zero-order valence-electron chi connectivity index (χ0n) is 11.2. The minimum Gasteiger partial charge on any atom is -0.326 e. The molecule has 0 amide bonds. The normalized spacial score (nSPS) is 14.1. The van der Waals surface area contributed by atoms with Crippen LogP contribution >= 0.6 is 11.8 Å². The summed E-state index contributed by atoms with van der Waals surface area (Å²) in [5.41, 5.74) is 8.37. The van der Waals surface area contributed by atoms with Gasteiger partial charge in [0.05, 0.1) is 5.25 Å². The first kappa shape index (κ1) is 14.0. The SMILES string of the molecule is CCC(N)C(Sc1nccc(C)n1)c1ccncc1. The van der Waals surface area contributed by atoms with Crippen LogP contribution in [0.2, 0.25) is 0 Å². The Morgan fingerprint density at radius 2 is 1.95 bits per heavy atom. The van der Waals surface area contributed by atoms with Gasteiger partial charge < -0.3 is 5.73 Å². The number of thioether (sulfide) groups is 1. The Hall–Kier alpha value is -1.46. The molecule has 0 fully saturated rings. The number of pyridine rings is 1. The van der Waals surface area contributed by atoms with Crippen LogP contribution in [-0.4, -0.2) is 21.0 Å². The Morgan fingerprint density at radius 3 is 2.58 bits per heavy atom. The van der Waals surface area contributed by atoms with Crippen molar-refractivity contribution < 1.29 is 0 Å². The van der Waals surface area contributed by atoms with Crippen molar-refractivity contribution in [2.24, 2.45) is 5.73 Å². The van der Waals surface area contributed by atoms with Crippen molar-refractivity contribution in [1.82, 2.24) is 15.0 Å². The first-order valence-corrected chi connectivity index (χ1v) is 7.20. The molecule has 0 radical (unpaired) electrons. The highest BCUT2D eigenvalue weighted by atomic mass is 32.2. The van der Waals surface area contributed by atoms with E-state index in [1.165, 1.54) is 5.56 Å². The van der Waals surface area contributed by atoms with E-state index in [1.807, 2.05) is 25.1 Å². The third-order valence-electron chi connectivity index (χ3n) is 2.90. The van der Waals surface area contributed by atoms with Gasteiger partial charge >= 0.3 is 0 Å². The summed E-state index contributed by atoms with van der Waals surface area (Å²) in [7, 11) is 0. The summed E-state index contributed by atoms with van der Waals surface area (Å²) in [6.07, 6.45) is 6.28.